The van der Waals surface area contributed by atoms with Gasteiger partial charge in [-0.05, 0) is 54.3 Å². The van der Waals surface area contributed by atoms with Gasteiger partial charge in [-0.1, -0.05) is 13.0 Å². The summed E-state index contributed by atoms with van der Waals surface area (Å²) >= 11 is 1.23. The number of aliphatic hydroxyl groups excluding tert-OH is 1. The lowest BCUT2D eigenvalue weighted by Gasteiger charge is -2.24. The van der Waals surface area contributed by atoms with Gasteiger partial charge in [-0.2, -0.15) is 0 Å². The van der Waals surface area contributed by atoms with Crippen molar-refractivity contribution < 1.29 is 28.2 Å². The summed E-state index contributed by atoms with van der Waals surface area (Å²) in [5, 5.41) is 12.7. The minimum Gasteiger partial charge on any atom is -0.507 e. The summed E-state index contributed by atoms with van der Waals surface area (Å²) in [6.07, 6.45) is 0.836. The van der Waals surface area contributed by atoms with Gasteiger partial charge in [0.1, 0.15) is 29.2 Å². The van der Waals surface area contributed by atoms with Crippen LogP contribution in [0.4, 0.5) is 14.5 Å². The van der Waals surface area contributed by atoms with Crippen LogP contribution >= 0.6 is 11.3 Å². The number of hydrogen-bond acceptors (Lipinski definition) is 5. The van der Waals surface area contributed by atoms with Crippen molar-refractivity contribution in [3.63, 3.8) is 0 Å². The number of carbonyl (C=O) groups is 2. The van der Waals surface area contributed by atoms with E-state index in [9.17, 15) is 23.5 Å². The van der Waals surface area contributed by atoms with Crippen molar-refractivity contribution in [2.45, 2.75) is 19.4 Å². The van der Waals surface area contributed by atoms with E-state index in [4.69, 9.17) is 4.74 Å². The molecule has 0 spiro atoms. The molecule has 1 N–H and O–H groups in total. The summed E-state index contributed by atoms with van der Waals surface area (Å²) in [5.74, 6) is -3.43. The van der Waals surface area contributed by atoms with Gasteiger partial charge in [0.05, 0.1) is 17.9 Å². The van der Waals surface area contributed by atoms with Crippen LogP contribution in [-0.4, -0.2) is 23.4 Å². The van der Waals surface area contributed by atoms with Crippen LogP contribution in [0.2, 0.25) is 0 Å². The van der Waals surface area contributed by atoms with Crippen molar-refractivity contribution in [3.8, 4) is 5.75 Å². The Hall–Kier alpha value is -3.52. The predicted molar refractivity (Wildman–Crippen MR) is 118 cm³/mol. The lowest BCUT2D eigenvalue weighted by molar-refractivity contribution is -0.132. The van der Waals surface area contributed by atoms with E-state index in [1.165, 1.54) is 11.3 Å². The smallest absolute Gasteiger partial charge is 0.300 e. The summed E-state index contributed by atoms with van der Waals surface area (Å²) in [5.41, 5.74) is -0.260. The van der Waals surface area contributed by atoms with Gasteiger partial charge >= 0.3 is 0 Å². The Balaban J connectivity index is 1.84. The number of ketones is 1. The van der Waals surface area contributed by atoms with Crippen molar-refractivity contribution in [1.29, 1.82) is 0 Å². The van der Waals surface area contributed by atoms with Crippen molar-refractivity contribution in [1.82, 2.24) is 0 Å². The van der Waals surface area contributed by atoms with E-state index in [1.54, 1.807) is 41.8 Å². The molecule has 0 bridgehead atoms. The van der Waals surface area contributed by atoms with Gasteiger partial charge in [0, 0.05) is 16.5 Å². The van der Waals surface area contributed by atoms with Crippen LogP contribution in [0.25, 0.3) is 5.76 Å². The first-order valence-corrected chi connectivity index (χ1v) is 10.8. The van der Waals surface area contributed by atoms with E-state index >= 15 is 0 Å². The van der Waals surface area contributed by atoms with Gasteiger partial charge < -0.3 is 9.84 Å². The Kier molecular flexibility index (Phi) is 6.05. The monoisotopic (exact) mass is 455 g/mol. The van der Waals surface area contributed by atoms with Gasteiger partial charge in [-0.3, -0.25) is 14.5 Å². The normalized spacial score (nSPS) is 17.7. The first-order valence-electron chi connectivity index (χ1n) is 9.95. The number of Topliss-reactive ketones (excluding diaryl/α,β-unsaturated/α-hetero) is 1. The summed E-state index contributed by atoms with van der Waals surface area (Å²) in [6, 6.07) is 11.4. The van der Waals surface area contributed by atoms with E-state index < -0.39 is 35.1 Å². The molecule has 164 valence electrons. The first-order chi connectivity index (χ1) is 15.4. The molecule has 32 heavy (non-hydrogen) atoms. The average Bonchev–Trinajstić information content (AvgIpc) is 3.41. The third-order valence-electron chi connectivity index (χ3n) is 5.03. The molecule has 5 nitrogen and oxygen atoms in total. The molecule has 8 heteroatoms. The van der Waals surface area contributed by atoms with E-state index in [0.717, 1.165) is 29.5 Å². The first kappa shape index (κ1) is 21.7. The molecule has 0 saturated carbocycles. The van der Waals surface area contributed by atoms with Crippen molar-refractivity contribution >= 4 is 34.5 Å². The fourth-order valence-corrected chi connectivity index (χ4v) is 4.38. The van der Waals surface area contributed by atoms with Gasteiger partial charge in [-0.15, -0.1) is 11.3 Å². The number of benzene rings is 2. The number of aliphatic hydroxyl groups is 1. The van der Waals surface area contributed by atoms with Gasteiger partial charge in [0.15, 0.2) is 0 Å². The van der Waals surface area contributed by atoms with Crippen molar-refractivity contribution in [2.75, 3.05) is 11.5 Å². The molecule has 1 aliphatic heterocycles. The average molecular weight is 455 g/mol. The topological polar surface area (TPSA) is 66.8 Å². The molecule has 1 aliphatic rings. The van der Waals surface area contributed by atoms with Crippen LogP contribution in [0.5, 0.6) is 5.75 Å². The lowest BCUT2D eigenvalue weighted by atomic mass is 9.99. The number of rotatable bonds is 6. The number of hydrogen-bond donors (Lipinski definition) is 1. The van der Waals surface area contributed by atoms with Crippen molar-refractivity contribution in [3.05, 3.63) is 87.6 Å². The summed E-state index contributed by atoms with van der Waals surface area (Å²) in [4.78, 5) is 27.3. The largest absolute Gasteiger partial charge is 0.507 e. The third kappa shape index (κ3) is 3.89. The zero-order valence-electron chi connectivity index (χ0n) is 17.0. The Morgan fingerprint density at radius 3 is 2.53 bits per heavy atom. The van der Waals surface area contributed by atoms with Crippen LogP contribution < -0.4 is 9.64 Å². The molecule has 0 radical (unpaired) electrons. The zero-order chi connectivity index (χ0) is 22.8. The number of carbonyl (C=O) groups excluding carboxylic acids is 2. The Morgan fingerprint density at radius 2 is 1.88 bits per heavy atom. The minimum atomic E-state index is -1.10. The molecule has 3 aromatic rings. The highest BCUT2D eigenvalue weighted by atomic mass is 32.1. The lowest BCUT2D eigenvalue weighted by Crippen LogP contribution is -2.30. The van der Waals surface area contributed by atoms with E-state index in [2.05, 4.69) is 0 Å². The molecule has 1 atom stereocenters. The summed E-state index contributed by atoms with van der Waals surface area (Å²) in [7, 11) is 0. The molecule has 2 aromatic carbocycles. The minimum absolute atomic E-state index is 0.191. The Labute approximate surface area is 187 Å². The van der Waals surface area contributed by atoms with Crippen LogP contribution in [0, 0.1) is 11.6 Å². The molecule has 0 aliphatic carbocycles. The molecule has 4 rings (SSSR count). The maximum Gasteiger partial charge on any atom is 0.300 e. The maximum atomic E-state index is 14.6. The standard InChI is InChI=1S/C24H19F2NO4S/c1-2-11-31-16-8-5-14(6-9-16)22(28)20-21(19-4-3-12-32-19)27(24(30)23(20)29)18-13-15(25)7-10-17(18)26/h3-10,12-13,21,28H,2,11H2,1H3/b22-20-. The van der Waals surface area contributed by atoms with Crippen LogP contribution in [-0.2, 0) is 9.59 Å². The number of amides is 1. The summed E-state index contributed by atoms with van der Waals surface area (Å²) in [6.45, 7) is 2.51. The second-order valence-electron chi connectivity index (χ2n) is 7.15. The molecule has 1 aromatic heterocycles. The molecular weight excluding hydrogens is 436 g/mol. The second-order valence-corrected chi connectivity index (χ2v) is 8.13. The molecule has 2 heterocycles. The van der Waals surface area contributed by atoms with E-state index in [0.29, 0.717) is 22.8 Å². The summed E-state index contributed by atoms with van der Waals surface area (Å²) < 4.78 is 34.0. The molecule has 1 unspecified atom stereocenters. The van der Waals surface area contributed by atoms with Crippen molar-refractivity contribution in [2.24, 2.45) is 0 Å². The number of anilines is 1. The van der Waals surface area contributed by atoms with Gasteiger partial charge in [-0.25, -0.2) is 8.78 Å². The third-order valence-corrected chi connectivity index (χ3v) is 5.95. The second kappa shape index (κ2) is 8.92. The highest BCUT2D eigenvalue weighted by molar-refractivity contribution is 7.10. The van der Waals surface area contributed by atoms with Gasteiger partial charge in [0.2, 0.25) is 0 Å². The molecule has 1 saturated heterocycles. The Bertz CT molecular complexity index is 1190. The highest BCUT2D eigenvalue weighted by Gasteiger charge is 2.48. The number of nitrogens with zero attached hydrogens (tertiary/aromatic N) is 1. The number of halogens is 2. The number of thiophene rings is 1. The van der Waals surface area contributed by atoms with Crippen LogP contribution in [0.3, 0.4) is 0 Å². The quantitative estimate of drug-likeness (QED) is 0.305. The predicted octanol–water partition coefficient (Wildman–Crippen LogP) is 5.44. The fraction of sp³-hybridized carbons (Fsp3) is 0.167. The zero-order valence-corrected chi connectivity index (χ0v) is 17.9. The molecular formula is C24H19F2NO4S. The highest BCUT2D eigenvalue weighted by Crippen LogP contribution is 2.44. The molecule has 1 amide bonds. The van der Waals surface area contributed by atoms with Crippen LogP contribution in [0.15, 0.2) is 65.6 Å². The fourth-order valence-electron chi connectivity index (χ4n) is 3.55. The molecule has 1 fully saturated rings. The number of ether oxygens (including phenoxy) is 1. The maximum absolute atomic E-state index is 14.6. The van der Waals surface area contributed by atoms with E-state index in [1.807, 2.05) is 6.92 Å². The Morgan fingerprint density at radius 1 is 1.12 bits per heavy atom. The SMILES string of the molecule is CCCOc1ccc(/C(O)=C2/C(=O)C(=O)N(c3cc(F)ccc3F)C2c2cccs2)cc1. The van der Waals surface area contributed by atoms with Crippen LogP contribution in [0.1, 0.15) is 29.8 Å². The van der Waals surface area contributed by atoms with E-state index in [-0.39, 0.29) is 11.3 Å². The van der Waals surface area contributed by atoms with Gasteiger partial charge in [0.25, 0.3) is 11.7 Å².